The molecule has 0 fully saturated rings. The number of rotatable bonds is 3. The summed E-state index contributed by atoms with van der Waals surface area (Å²) in [5, 5.41) is 7.49. The highest BCUT2D eigenvalue weighted by Gasteiger charge is 2.04. The van der Waals surface area contributed by atoms with Crippen molar-refractivity contribution in [3.63, 3.8) is 0 Å². The Hall–Kier alpha value is -1.80. The van der Waals surface area contributed by atoms with E-state index >= 15 is 0 Å². The number of aromatic nitrogens is 4. The van der Waals surface area contributed by atoms with Crippen LogP contribution in [-0.2, 0) is 0 Å². The second kappa shape index (κ2) is 4.15. The van der Waals surface area contributed by atoms with Gasteiger partial charge in [-0.1, -0.05) is 11.6 Å². The van der Waals surface area contributed by atoms with Gasteiger partial charge in [0.2, 0.25) is 0 Å². The lowest BCUT2D eigenvalue weighted by molar-refractivity contribution is 0.923. The number of anilines is 1. The molecule has 0 atom stereocenters. The van der Waals surface area contributed by atoms with Crippen LogP contribution in [0.3, 0.4) is 0 Å². The van der Waals surface area contributed by atoms with Crippen molar-refractivity contribution < 1.29 is 0 Å². The topological polar surface area (TPSA) is 55.1 Å². The van der Waals surface area contributed by atoms with Crippen LogP contribution in [0.5, 0.6) is 0 Å². The van der Waals surface area contributed by atoms with Crippen LogP contribution in [0.1, 0.15) is 6.42 Å². The Balaban J connectivity index is 2.32. The molecular formula is C9H8ClN5. The Morgan fingerprint density at radius 1 is 1.60 bits per heavy atom. The number of hydrogen-bond acceptors (Lipinski definition) is 4. The van der Waals surface area contributed by atoms with Gasteiger partial charge in [0.15, 0.2) is 0 Å². The molecule has 0 aromatic carbocycles. The lowest BCUT2D eigenvalue weighted by atomic mass is 10.4. The van der Waals surface area contributed by atoms with Crippen LogP contribution in [0, 0.1) is 12.3 Å². The molecule has 5 nitrogen and oxygen atoms in total. The molecule has 0 bridgehead atoms. The minimum Gasteiger partial charge on any atom is -0.369 e. The smallest absolute Gasteiger partial charge is 0.255 e. The first-order valence-electron chi connectivity index (χ1n) is 4.35. The summed E-state index contributed by atoms with van der Waals surface area (Å²) in [5.41, 5.74) is 0. The average molecular weight is 222 g/mol. The molecule has 2 aromatic heterocycles. The molecule has 0 saturated carbocycles. The van der Waals surface area contributed by atoms with E-state index in [-0.39, 0.29) is 0 Å². The van der Waals surface area contributed by atoms with E-state index < -0.39 is 0 Å². The van der Waals surface area contributed by atoms with Crippen LogP contribution >= 0.6 is 11.6 Å². The van der Waals surface area contributed by atoms with Crippen molar-refractivity contribution in [3.05, 3.63) is 17.5 Å². The number of terminal acetylenes is 1. The van der Waals surface area contributed by atoms with Crippen molar-refractivity contribution in [2.75, 3.05) is 11.9 Å². The van der Waals surface area contributed by atoms with E-state index in [9.17, 15) is 0 Å². The van der Waals surface area contributed by atoms with Crippen molar-refractivity contribution in [2.24, 2.45) is 0 Å². The van der Waals surface area contributed by atoms with Gasteiger partial charge in [0.25, 0.3) is 5.78 Å². The molecule has 2 heterocycles. The number of halogens is 1. The van der Waals surface area contributed by atoms with Crippen LogP contribution in [-0.4, -0.2) is 26.1 Å². The molecule has 1 N–H and O–H groups in total. The van der Waals surface area contributed by atoms with Crippen LogP contribution in [0.2, 0.25) is 5.15 Å². The van der Waals surface area contributed by atoms with Gasteiger partial charge >= 0.3 is 0 Å². The van der Waals surface area contributed by atoms with Gasteiger partial charge in [0, 0.05) is 19.0 Å². The van der Waals surface area contributed by atoms with Gasteiger partial charge in [-0.2, -0.15) is 19.6 Å². The zero-order chi connectivity index (χ0) is 10.7. The molecular weight excluding hydrogens is 214 g/mol. The van der Waals surface area contributed by atoms with E-state index in [1.54, 1.807) is 10.6 Å². The number of nitrogens with one attached hydrogen (secondary N) is 1. The summed E-state index contributed by atoms with van der Waals surface area (Å²) < 4.78 is 1.57. The Morgan fingerprint density at radius 3 is 3.27 bits per heavy atom. The number of fused-ring (bicyclic) bond motifs is 1. The highest BCUT2D eigenvalue weighted by Crippen LogP contribution is 2.13. The third-order valence-electron chi connectivity index (χ3n) is 1.80. The molecule has 0 saturated heterocycles. The second-order valence-electron chi connectivity index (χ2n) is 2.82. The van der Waals surface area contributed by atoms with E-state index in [2.05, 4.69) is 26.3 Å². The van der Waals surface area contributed by atoms with Crippen LogP contribution in [0.25, 0.3) is 5.78 Å². The fraction of sp³-hybridized carbons (Fsp3) is 0.222. The molecule has 2 aromatic rings. The van der Waals surface area contributed by atoms with E-state index in [1.165, 1.54) is 6.33 Å². The largest absolute Gasteiger partial charge is 0.369 e. The number of nitrogens with zero attached hydrogens (tertiary/aromatic N) is 4. The van der Waals surface area contributed by atoms with Crippen molar-refractivity contribution in [3.8, 4) is 12.3 Å². The van der Waals surface area contributed by atoms with E-state index in [4.69, 9.17) is 18.0 Å². The van der Waals surface area contributed by atoms with Crippen molar-refractivity contribution in [2.45, 2.75) is 6.42 Å². The van der Waals surface area contributed by atoms with Crippen LogP contribution < -0.4 is 5.32 Å². The van der Waals surface area contributed by atoms with E-state index in [1.807, 2.05) is 0 Å². The highest BCUT2D eigenvalue weighted by atomic mass is 35.5. The molecule has 0 aliphatic rings. The molecule has 0 spiro atoms. The molecule has 2 rings (SSSR count). The van der Waals surface area contributed by atoms with E-state index in [0.717, 1.165) is 5.82 Å². The van der Waals surface area contributed by atoms with Gasteiger partial charge in [-0.25, -0.2) is 0 Å². The summed E-state index contributed by atoms with van der Waals surface area (Å²) in [6.07, 6.45) is 7.21. The van der Waals surface area contributed by atoms with Crippen molar-refractivity contribution >= 4 is 23.2 Å². The molecule has 0 amide bonds. The molecule has 0 unspecified atom stereocenters. The van der Waals surface area contributed by atoms with Crippen molar-refractivity contribution in [1.82, 2.24) is 19.6 Å². The van der Waals surface area contributed by atoms with Gasteiger partial charge in [-0.3, -0.25) is 0 Å². The lowest BCUT2D eigenvalue weighted by Crippen LogP contribution is -2.07. The van der Waals surface area contributed by atoms with Gasteiger partial charge < -0.3 is 5.32 Å². The van der Waals surface area contributed by atoms with Gasteiger partial charge in [-0.15, -0.1) is 12.3 Å². The summed E-state index contributed by atoms with van der Waals surface area (Å²) in [5.74, 6) is 3.74. The Morgan fingerprint density at radius 2 is 2.47 bits per heavy atom. The normalized spacial score (nSPS) is 10.1. The molecule has 0 aliphatic carbocycles. The fourth-order valence-corrected chi connectivity index (χ4v) is 1.35. The molecule has 76 valence electrons. The summed E-state index contributed by atoms with van der Waals surface area (Å²) >= 11 is 5.82. The minimum absolute atomic E-state index is 0.374. The summed E-state index contributed by atoms with van der Waals surface area (Å²) in [6.45, 7) is 0.659. The van der Waals surface area contributed by atoms with Crippen LogP contribution in [0.4, 0.5) is 5.82 Å². The zero-order valence-corrected chi connectivity index (χ0v) is 8.57. The predicted octanol–water partition coefficient (Wildman–Crippen LogP) is 1.21. The predicted molar refractivity (Wildman–Crippen MR) is 57.7 cm³/mol. The highest BCUT2D eigenvalue weighted by molar-refractivity contribution is 6.29. The van der Waals surface area contributed by atoms with E-state index in [0.29, 0.717) is 23.9 Å². The third kappa shape index (κ3) is 2.00. The first-order valence-corrected chi connectivity index (χ1v) is 4.72. The van der Waals surface area contributed by atoms with Gasteiger partial charge in [0.1, 0.15) is 17.3 Å². The minimum atomic E-state index is 0.374. The third-order valence-corrected chi connectivity index (χ3v) is 1.99. The maximum Gasteiger partial charge on any atom is 0.255 e. The molecule has 0 radical (unpaired) electrons. The monoisotopic (exact) mass is 221 g/mol. The van der Waals surface area contributed by atoms with Crippen LogP contribution in [0.15, 0.2) is 12.4 Å². The fourth-order valence-electron chi connectivity index (χ4n) is 1.17. The first-order chi connectivity index (χ1) is 7.31. The maximum atomic E-state index is 5.82. The Bertz CT molecular complexity index is 513. The Kier molecular flexibility index (Phi) is 2.70. The number of hydrogen-bond donors (Lipinski definition) is 1. The zero-order valence-electron chi connectivity index (χ0n) is 7.81. The molecule has 15 heavy (non-hydrogen) atoms. The first kappa shape index (κ1) is 9.74. The van der Waals surface area contributed by atoms with Gasteiger partial charge in [0.05, 0.1) is 0 Å². The van der Waals surface area contributed by atoms with Gasteiger partial charge in [-0.05, 0) is 0 Å². The maximum absolute atomic E-state index is 5.82. The molecule has 6 heteroatoms. The summed E-state index contributed by atoms with van der Waals surface area (Å²) in [7, 11) is 0. The lowest BCUT2D eigenvalue weighted by Gasteiger charge is -2.05. The Labute approximate surface area is 91.5 Å². The summed E-state index contributed by atoms with van der Waals surface area (Å²) in [4.78, 5) is 7.94. The van der Waals surface area contributed by atoms with Crippen molar-refractivity contribution in [1.29, 1.82) is 0 Å². The SMILES string of the molecule is C#CCCNc1cc(Cl)nc2ncnn12. The quantitative estimate of drug-likeness (QED) is 0.481. The molecule has 0 aliphatic heterocycles. The standard InChI is InChI=1S/C9H8ClN5/c1-2-3-4-11-8-5-7(10)14-9-12-6-13-15(8)9/h1,5-6,11H,3-4H2. The average Bonchev–Trinajstić information content (AvgIpc) is 2.65. The summed E-state index contributed by atoms with van der Waals surface area (Å²) in [6, 6.07) is 1.68. The second-order valence-corrected chi connectivity index (χ2v) is 3.20.